The molecule has 0 radical (unpaired) electrons. The average molecular weight is 1340 g/mol. The molecule has 12 heterocycles. The minimum Gasteiger partial charge on any atom is -0.464 e. The van der Waals surface area contributed by atoms with Gasteiger partial charge in [0.2, 0.25) is 0 Å². The topological polar surface area (TPSA) is 319 Å². The number of aromatic nitrogens is 24. The largest absolute Gasteiger partial charge is 0.488 e. The maximum Gasteiger partial charge on any atom is 0.488 e. The van der Waals surface area contributed by atoms with E-state index in [-0.39, 0.29) is 105 Å². The van der Waals surface area contributed by atoms with E-state index in [0.717, 1.165) is 71.2 Å². The fourth-order valence-electron chi connectivity index (χ4n) is 8.11. The summed E-state index contributed by atoms with van der Waals surface area (Å²) < 4.78 is 130. The maximum atomic E-state index is 13.1. The van der Waals surface area contributed by atoms with Crippen LogP contribution in [0.15, 0.2) is 114 Å². The Balaban J connectivity index is 0.000000148. The summed E-state index contributed by atoms with van der Waals surface area (Å²) in [5, 5.41) is 36.6. The zero-order chi connectivity index (χ0) is 68.1. The molecule has 12 rings (SSSR count). The molecule has 0 amide bonds. The summed E-state index contributed by atoms with van der Waals surface area (Å²) in [7, 11) is 5.83. The van der Waals surface area contributed by atoms with Crippen molar-refractivity contribution in [1.82, 2.24) is 117 Å². The minimum atomic E-state index is -4.70. The molecule has 0 bridgehead atoms. The smallest absolute Gasteiger partial charge is 0.464 e. The number of halogens is 5. The van der Waals surface area contributed by atoms with E-state index in [4.69, 9.17) is 24.4 Å². The van der Waals surface area contributed by atoms with Crippen LogP contribution in [0, 0.1) is 0 Å². The van der Waals surface area contributed by atoms with Crippen LogP contribution in [-0.4, -0.2) is 117 Å². The highest BCUT2D eigenvalue weighted by Gasteiger charge is 2.35. The second-order valence-corrected chi connectivity index (χ2v) is 22.8. The second-order valence-electron chi connectivity index (χ2n) is 19.5. The summed E-state index contributed by atoms with van der Waals surface area (Å²) in [5.74, 6) is 0. The van der Waals surface area contributed by atoms with Crippen LogP contribution in [0.5, 0.6) is 20.8 Å². The first-order valence-corrected chi connectivity index (χ1v) is 29.3. The van der Waals surface area contributed by atoms with Crippen LogP contribution in [0.3, 0.4) is 0 Å². The maximum absolute atomic E-state index is 13.1. The normalized spacial score (nSPS) is 12.2. The molecule has 12 aromatic rings. The van der Waals surface area contributed by atoms with Gasteiger partial charge in [-0.15, -0.1) is 13.2 Å². The van der Waals surface area contributed by atoms with Crippen molar-refractivity contribution in [3.05, 3.63) is 160 Å². The molecule has 32 nitrogen and oxygen atoms in total. The van der Waals surface area contributed by atoms with Gasteiger partial charge in [0.05, 0.1) is 51.0 Å². The van der Waals surface area contributed by atoms with Gasteiger partial charge in [-0.05, 0) is 101 Å². The van der Waals surface area contributed by atoms with Gasteiger partial charge in [0.1, 0.15) is 26.4 Å². The van der Waals surface area contributed by atoms with E-state index in [0.29, 0.717) is 26.3 Å². The highest BCUT2D eigenvalue weighted by molar-refractivity contribution is 7.12. The van der Waals surface area contributed by atoms with Gasteiger partial charge in [-0.1, -0.05) is 45.3 Å². The molecule has 0 N–H and O–H groups in total. The SMILES string of the molecule is [3H]c1csc(OCc2c(-n3nnn(C)c3=O)ccn2C(C)(C)C)n1.[3H]c1csc(OCc2c(-n3nnn(C)c3=O)ccn2C(C)C)n1.[3H]c1csc(OCc2c(-n3nnn(C)c3=O)ccn2C(F)(F)F)n1.[3H]c1csc(OCc2c(-n3nnn(C)c3=O)ccn2C(F)F)n1. The Kier molecular flexibility index (Phi) is 18.1. The number of aryl methyl sites for hydroxylation is 4. The summed E-state index contributed by atoms with van der Waals surface area (Å²) in [6.45, 7) is 7.10. The van der Waals surface area contributed by atoms with Crippen LogP contribution in [0.25, 0.3) is 22.7 Å². The number of nitrogens with zero attached hydrogens (tertiary/aromatic N) is 24. The lowest BCUT2D eigenvalue weighted by Gasteiger charge is -2.24. The van der Waals surface area contributed by atoms with Crippen molar-refractivity contribution in [2.45, 2.75) is 85.5 Å². The third kappa shape index (κ3) is 14.6. The van der Waals surface area contributed by atoms with Crippen LogP contribution in [-0.2, 0) is 66.5 Å². The Morgan fingerprint density at radius 2 is 0.744 bits per heavy atom. The molecular weight excluding hydrogens is 1280 g/mol. The lowest BCUT2D eigenvalue weighted by atomic mass is 10.1. The molecular formula is C49H53F5N24O8S4. The Bertz CT molecular complexity index is 4500. The molecule has 0 unspecified atom stereocenters. The Morgan fingerprint density at radius 1 is 0.456 bits per heavy atom. The molecule has 90 heavy (non-hydrogen) atoms. The Labute approximate surface area is 524 Å². The number of hydrogen-bond acceptors (Lipinski definition) is 24. The van der Waals surface area contributed by atoms with Crippen molar-refractivity contribution in [1.29, 1.82) is 0 Å². The third-order valence-corrected chi connectivity index (χ3v) is 14.8. The fraction of sp³-hybridized carbons (Fsp3) is 0.347. The third-order valence-electron chi connectivity index (χ3n) is 12.3. The molecule has 0 aliphatic carbocycles. The van der Waals surface area contributed by atoms with Crippen LogP contribution in [0.4, 0.5) is 22.0 Å². The lowest BCUT2D eigenvalue weighted by Crippen LogP contribution is -2.26. The lowest BCUT2D eigenvalue weighted by molar-refractivity contribution is -0.205. The molecule has 0 aliphatic rings. The standard InChI is InChI=1S/C14H18N6O2S.C13H16N6O2S.C11H9F3N6O2S.C11H10F2N6O2S/c1-14(2,3)19-7-5-10(20-13(21)18(4)16-17-20)11(19)9-22-12-15-6-8-23-12;1-9(2)18-6-4-10(19-13(20)17(3)15-16-19)11(18)8-21-12-14-5-7-22-12;1-18-10(21)20(17-16-18)7-2-4-19(11(12,13)14)8(7)6-22-9-15-3-5-23-9;1-17-11(20)19(16-15-17)7-2-4-18(9(12)13)8(7)6-21-10-14-3-5-22-10/h5-8H,9H2,1-4H3;4-7,9H,8H2,1-3H3;2-5H,6H2,1H3;2-5,9H,6H2,1H3/i6T;5T;2*3T. The number of ether oxygens (including phenoxy) is 4. The summed E-state index contributed by atoms with van der Waals surface area (Å²) in [6.07, 6.45) is 1.31. The van der Waals surface area contributed by atoms with Gasteiger partial charge in [0.15, 0.2) is 0 Å². The van der Waals surface area contributed by atoms with E-state index in [1.54, 1.807) is 24.9 Å². The van der Waals surface area contributed by atoms with Crippen LogP contribution in [0.2, 0.25) is 0 Å². The Morgan fingerprint density at radius 3 is 1.02 bits per heavy atom. The average Bonchev–Trinajstić information content (AvgIpc) is 1.66. The first-order valence-electron chi connectivity index (χ1n) is 27.8. The van der Waals surface area contributed by atoms with E-state index < -0.39 is 30.8 Å². The number of hydrogen-bond donors (Lipinski definition) is 0. The Hall–Kier alpha value is -10.0. The van der Waals surface area contributed by atoms with Gasteiger partial charge in [0.25, 0.3) is 20.8 Å². The van der Waals surface area contributed by atoms with Crippen LogP contribution < -0.4 is 41.7 Å². The molecule has 0 spiro atoms. The molecule has 0 atom stereocenters. The molecule has 0 saturated heterocycles. The molecule has 0 saturated carbocycles. The molecule has 0 aliphatic heterocycles. The highest BCUT2D eigenvalue weighted by atomic mass is 32.1. The fourth-order valence-corrected chi connectivity index (χ4v) is 9.86. The van der Waals surface area contributed by atoms with Crippen molar-refractivity contribution in [2.75, 3.05) is 0 Å². The number of alkyl halides is 5. The zero-order valence-corrected chi connectivity index (χ0v) is 51.7. The van der Waals surface area contributed by atoms with Crippen LogP contribution >= 0.6 is 45.3 Å². The molecule has 0 aromatic carbocycles. The first-order chi connectivity index (χ1) is 44.5. The van der Waals surface area contributed by atoms with Crippen LogP contribution in [0.1, 0.15) is 75.5 Å². The highest BCUT2D eigenvalue weighted by Crippen LogP contribution is 2.31. The van der Waals surface area contributed by atoms with E-state index >= 15 is 0 Å². The number of tetrazole rings is 4. The predicted molar refractivity (Wildman–Crippen MR) is 312 cm³/mol. The first kappa shape index (κ1) is 59.0. The number of thiazole rings is 4. The van der Waals surface area contributed by atoms with Gasteiger partial charge >= 0.3 is 35.6 Å². The van der Waals surface area contributed by atoms with Crippen molar-refractivity contribution in [3.8, 4) is 43.5 Å². The summed E-state index contributed by atoms with van der Waals surface area (Å²) in [4.78, 5) is 63.5. The molecule has 41 heteroatoms. The second kappa shape index (κ2) is 27.6. The molecule has 476 valence electrons. The quantitative estimate of drug-likeness (QED) is 0.0968. The van der Waals surface area contributed by atoms with E-state index in [2.05, 4.69) is 82.4 Å². The monoisotopic (exact) mass is 1340 g/mol. The molecule has 0 fully saturated rings. The van der Waals surface area contributed by atoms with Crippen molar-refractivity contribution < 1.29 is 46.4 Å². The van der Waals surface area contributed by atoms with Crippen molar-refractivity contribution >= 4 is 45.3 Å². The molecule has 12 aromatic heterocycles. The van der Waals surface area contributed by atoms with Gasteiger partial charge in [-0.2, -0.15) is 46.2 Å². The van der Waals surface area contributed by atoms with E-state index in [9.17, 15) is 41.1 Å². The van der Waals surface area contributed by atoms with Crippen molar-refractivity contribution in [2.24, 2.45) is 28.2 Å². The van der Waals surface area contributed by atoms with Gasteiger partial charge in [-0.25, -0.2) is 39.1 Å². The van der Waals surface area contributed by atoms with Gasteiger partial charge < -0.3 is 28.1 Å². The van der Waals surface area contributed by atoms with Gasteiger partial charge in [0, 0.05) is 111 Å². The summed E-state index contributed by atoms with van der Waals surface area (Å²) in [5.41, 5.74) is 0.448. The summed E-state index contributed by atoms with van der Waals surface area (Å²) >= 11 is 4.58. The van der Waals surface area contributed by atoms with Gasteiger partial charge in [-0.3, -0.25) is 9.13 Å². The minimum absolute atomic E-state index is 0.0265. The van der Waals surface area contributed by atoms with E-state index in [1.807, 2.05) is 47.5 Å². The number of rotatable bonds is 18. The van der Waals surface area contributed by atoms with Crippen molar-refractivity contribution in [3.63, 3.8) is 0 Å². The zero-order valence-electron chi connectivity index (χ0n) is 52.4. The predicted octanol–water partition coefficient (Wildman–Crippen LogP) is 5.42. The van der Waals surface area contributed by atoms with E-state index in [1.165, 1.54) is 72.3 Å². The summed E-state index contributed by atoms with van der Waals surface area (Å²) in [6, 6.07) is 6.25.